The van der Waals surface area contributed by atoms with E-state index in [-0.39, 0.29) is 6.09 Å². The van der Waals surface area contributed by atoms with Crippen LogP contribution in [0.1, 0.15) is 56.8 Å². The van der Waals surface area contributed by atoms with Crippen molar-refractivity contribution in [1.82, 2.24) is 9.88 Å². The van der Waals surface area contributed by atoms with E-state index < -0.39 is 11.5 Å². The lowest BCUT2D eigenvalue weighted by Crippen LogP contribution is -2.44. The van der Waals surface area contributed by atoms with E-state index in [0.29, 0.717) is 17.4 Å². The Kier molecular flexibility index (Phi) is 6.10. The molecule has 7 heteroatoms. The van der Waals surface area contributed by atoms with Crippen molar-refractivity contribution in [3.63, 3.8) is 0 Å². The van der Waals surface area contributed by atoms with Crippen LogP contribution in [0.15, 0.2) is 18.3 Å². The number of carbonyl (C=O) groups excluding carboxylic acids is 2. The van der Waals surface area contributed by atoms with Gasteiger partial charge in [0.15, 0.2) is 0 Å². The van der Waals surface area contributed by atoms with Gasteiger partial charge in [-0.1, -0.05) is 0 Å². The minimum Gasteiger partial charge on any atom is -0.444 e. The van der Waals surface area contributed by atoms with Gasteiger partial charge in [0.2, 0.25) is 5.91 Å². The van der Waals surface area contributed by atoms with Crippen molar-refractivity contribution in [2.45, 2.75) is 52.1 Å². The maximum atomic E-state index is 12.2. The maximum absolute atomic E-state index is 12.2. The van der Waals surface area contributed by atoms with Gasteiger partial charge in [-0.3, -0.25) is 4.79 Å². The van der Waals surface area contributed by atoms with E-state index in [0.717, 1.165) is 57.7 Å². The number of nitrogens with zero attached hydrogens (tertiary/aromatic N) is 3. The molecule has 0 bridgehead atoms. The van der Waals surface area contributed by atoms with Gasteiger partial charge in [-0.05, 0) is 70.4 Å². The Morgan fingerprint density at radius 3 is 2.07 bits per heavy atom. The number of hydrogen-bond acceptors (Lipinski definition) is 5. The zero-order chi connectivity index (χ0) is 20.3. The summed E-state index contributed by atoms with van der Waals surface area (Å²) in [6.45, 7) is 9.23. The van der Waals surface area contributed by atoms with Crippen LogP contribution in [-0.2, 0) is 4.74 Å². The zero-order valence-electron chi connectivity index (χ0n) is 17.2. The third kappa shape index (κ3) is 5.14. The molecule has 2 saturated heterocycles. The van der Waals surface area contributed by atoms with Crippen LogP contribution >= 0.6 is 0 Å². The second-order valence-electron chi connectivity index (χ2n) is 8.90. The van der Waals surface area contributed by atoms with Crippen LogP contribution < -0.4 is 10.6 Å². The number of carbonyl (C=O) groups is 2. The van der Waals surface area contributed by atoms with Crippen molar-refractivity contribution >= 4 is 17.8 Å². The fourth-order valence-electron chi connectivity index (χ4n) is 4.20. The van der Waals surface area contributed by atoms with Gasteiger partial charge in [0.05, 0.1) is 5.56 Å². The van der Waals surface area contributed by atoms with Crippen LogP contribution in [0, 0.1) is 11.8 Å². The minimum absolute atomic E-state index is 0.189. The standard InChI is InChI=1S/C21H32N4O3/c1-21(2,3)28-20(27)25-12-8-16(9-13-25)15-6-10-24(11-7-15)18-5-4-17(14-23-18)19(22)26/h4-5,14-16H,6-13H2,1-3H3,(H2,22,26). The largest absolute Gasteiger partial charge is 0.444 e. The number of rotatable bonds is 3. The minimum atomic E-state index is -0.449. The van der Waals surface area contributed by atoms with Crippen LogP contribution in [-0.4, -0.2) is 53.7 Å². The molecule has 0 spiro atoms. The molecule has 0 radical (unpaired) electrons. The van der Waals surface area contributed by atoms with Crippen LogP contribution in [0.4, 0.5) is 10.6 Å². The summed E-state index contributed by atoms with van der Waals surface area (Å²) in [5, 5.41) is 0. The van der Waals surface area contributed by atoms with Gasteiger partial charge in [0.1, 0.15) is 11.4 Å². The monoisotopic (exact) mass is 388 g/mol. The lowest BCUT2D eigenvalue weighted by molar-refractivity contribution is 0.0152. The van der Waals surface area contributed by atoms with E-state index in [1.54, 1.807) is 12.3 Å². The molecule has 2 fully saturated rings. The summed E-state index contributed by atoms with van der Waals surface area (Å²) >= 11 is 0. The van der Waals surface area contributed by atoms with Crippen molar-refractivity contribution in [3.05, 3.63) is 23.9 Å². The Balaban J connectivity index is 1.46. The fraction of sp³-hybridized carbons (Fsp3) is 0.667. The Labute approximate surface area is 167 Å². The van der Waals surface area contributed by atoms with E-state index in [9.17, 15) is 9.59 Å². The first-order chi connectivity index (χ1) is 13.2. The lowest BCUT2D eigenvalue weighted by Gasteiger charge is -2.40. The van der Waals surface area contributed by atoms with E-state index in [1.165, 1.54) is 0 Å². The smallest absolute Gasteiger partial charge is 0.410 e. The van der Waals surface area contributed by atoms with E-state index >= 15 is 0 Å². The van der Waals surface area contributed by atoms with E-state index in [4.69, 9.17) is 10.5 Å². The number of aromatic nitrogens is 1. The average Bonchev–Trinajstić information content (AvgIpc) is 2.67. The molecule has 154 valence electrons. The second-order valence-corrected chi connectivity index (χ2v) is 8.90. The van der Waals surface area contributed by atoms with Crippen LogP contribution in [0.5, 0.6) is 0 Å². The summed E-state index contributed by atoms with van der Waals surface area (Å²) in [5.41, 5.74) is 5.28. The molecule has 0 aliphatic carbocycles. The summed E-state index contributed by atoms with van der Waals surface area (Å²) < 4.78 is 5.49. The topological polar surface area (TPSA) is 88.8 Å². The Morgan fingerprint density at radius 2 is 1.61 bits per heavy atom. The molecule has 0 aromatic carbocycles. The molecule has 2 aliphatic heterocycles. The van der Waals surface area contributed by atoms with Crippen molar-refractivity contribution in [2.24, 2.45) is 17.6 Å². The predicted octanol–water partition coefficient (Wildman–Crippen LogP) is 3.04. The van der Waals surface area contributed by atoms with Crippen molar-refractivity contribution in [1.29, 1.82) is 0 Å². The number of likely N-dealkylation sites (tertiary alicyclic amines) is 1. The highest BCUT2D eigenvalue weighted by Gasteiger charge is 2.32. The Morgan fingerprint density at radius 1 is 1.04 bits per heavy atom. The molecule has 3 heterocycles. The van der Waals surface area contributed by atoms with Crippen LogP contribution in [0.25, 0.3) is 0 Å². The van der Waals surface area contributed by atoms with Gasteiger partial charge in [-0.25, -0.2) is 9.78 Å². The number of ether oxygens (including phenoxy) is 1. The molecule has 0 atom stereocenters. The van der Waals surface area contributed by atoms with Gasteiger partial charge in [-0.15, -0.1) is 0 Å². The molecule has 28 heavy (non-hydrogen) atoms. The summed E-state index contributed by atoms with van der Waals surface area (Å²) in [4.78, 5) is 31.9. The number of anilines is 1. The number of primary amides is 1. The molecule has 1 aromatic heterocycles. The molecule has 2 aliphatic rings. The highest BCUT2D eigenvalue weighted by molar-refractivity contribution is 5.92. The molecule has 0 unspecified atom stereocenters. The van der Waals surface area contributed by atoms with Crippen molar-refractivity contribution in [3.8, 4) is 0 Å². The molecule has 7 nitrogen and oxygen atoms in total. The number of amides is 2. The summed E-state index contributed by atoms with van der Waals surface area (Å²) in [6.07, 6.45) is 5.74. The zero-order valence-corrected chi connectivity index (χ0v) is 17.2. The van der Waals surface area contributed by atoms with Gasteiger partial charge >= 0.3 is 6.09 Å². The van der Waals surface area contributed by atoms with Gasteiger partial charge in [0, 0.05) is 32.4 Å². The van der Waals surface area contributed by atoms with Gasteiger partial charge in [0.25, 0.3) is 0 Å². The van der Waals surface area contributed by atoms with Gasteiger partial charge < -0.3 is 20.3 Å². The van der Waals surface area contributed by atoms with Crippen molar-refractivity contribution in [2.75, 3.05) is 31.1 Å². The first-order valence-electron chi connectivity index (χ1n) is 10.2. The molecule has 0 saturated carbocycles. The lowest BCUT2D eigenvalue weighted by atomic mass is 9.79. The third-order valence-electron chi connectivity index (χ3n) is 5.75. The van der Waals surface area contributed by atoms with Gasteiger partial charge in [-0.2, -0.15) is 0 Å². The first kappa shape index (κ1) is 20.4. The quantitative estimate of drug-likeness (QED) is 0.860. The average molecular weight is 389 g/mol. The number of hydrogen-bond donors (Lipinski definition) is 1. The highest BCUT2D eigenvalue weighted by atomic mass is 16.6. The normalized spacial score (nSPS) is 19.5. The Hall–Kier alpha value is -2.31. The van der Waals surface area contributed by atoms with E-state index in [2.05, 4.69) is 9.88 Å². The summed E-state index contributed by atoms with van der Waals surface area (Å²) in [6, 6.07) is 3.61. The van der Waals surface area contributed by atoms with Crippen LogP contribution in [0.3, 0.4) is 0 Å². The van der Waals surface area contributed by atoms with Crippen molar-refractivity contribution < 1.29 is 14.3 Å². The molecule has 2 N–H and O–H groups in total. The molecule has 3 rings (SSSR count). The SMILES string of the molecule is CC(C)(C)OC(=O)N1CCC(C2CCN(c3ccc(C(N)=O)cn3)CC2)CC1. The molecule has 1 aromatic rings. The maximum Gasteiger partial charge on any atom is 0.410 e. The Bertz CT molecular complexity index is 683. The fourth-order valence-corrected chi connectivity index (χ4v) is 4.20. The summed E-state index contributed by atoms with van der Waals surface area (Å²) in [7, 11) is 0. The predicted molar refractivity (Wildman–Crippen MR) is 108 cm³/mol. The molecule has 2 amide bonds. The first-order valence-corrected chi connectivity index (χ1v) is 10.2. The number of pyridine rings is 1. The number of piperidine rings is 2. The molecular weight excluding hydrogens is 356 g/mol. The molecular formula is C21H32N4O3. The number of nitrogens with two attached hydrogens (primary N) is 1. The van der Waals surface area contributed by atoms with Crippen LogP contribution in [0.2, 0.25) is 0 Å². The second kappa shape index (κ2) is 8.37. The highest BCUT2D eigenvalue weighted by Crippen LogP contribution is 2.33. The summed E-state index contributed by atoms with van der Waals surface area (Å²) in [5.74, 6) is 1.83. The third-order valence-corrected chi connectivity index (χ3v) is 5.75. The van der Waals surface area contributed by atoms with E-state index in [1.807, 2.05) is 31.7 Å².